The highest BCUT2D eigenvalue weighted by molar-refractivity contribution is 7.09. The zero-order chi connectivity index (χ0) is 20.8. The van der Waals surface area contributed by atoms with E-state index < -0.39 is 6.10 Å². The number of rotatable bonds is 3. The van der Waals surface area contributed by atoms with Crippen molar-refractivity contribution in [2.24, 2.45) is 0 Å². The smallest absolute Gasteiger partial charge is 0.268 e. The van der Waals surface area contributed by atoms with Crippen LogP contribution in [0, 0.1) is 6.92 Å². The van der Waals surface area contributed by atoms with E-state index in [1.54, 1.807) is 23.2 Å². The zero-order valence-electron chi connectivity index (χ0n) is 16.8. The van der Waals surface area contributed by atoms with Crippen LogP contribution in [-0.4, -0.2) is 36.0 Å². The molecule has 0 saturated carbocycles. The van der Waals surface area contributed by atoms with Crippen LogP contribution in [0.1, 0.15) is 17.5 Å². The minimum absolute atomic E-state index is 0.00395. The molecular formula is C23H21N3O3S. The van der Waals surface area contributed by atoms with Gasteiger partial charge in [-0.1, -0.05) is 18.2 Å². The van der Waals surface area contributed by atoms with E-state index in [4.69, 9.17) is 4.74 Å². The molecule has 7 heteroatoms. The van der Waals surface area contributed by atoms with Crippen molar-refractivity contribution >= 4 is 34.5 Å². The summed E-state index contributed by atoms with van der Waals surface area (Å²) in [7, 11) is 0. The molecule has 1 aromatic heterocycles. The number of carbonyl (C=O) groups is 2. The number of nitrogens with zero attached hydrogens (tertiary/aromatic N) is 3. The lowest BCUT2D eigenvalue weighted by Crippen LogP contribution is -2.49. The fraction of sp³-hybridized carbons (Fsp3) is 0.261. The van der Waals surface area contributed by atoms with Crippen LogP contribution in [0.3, 0.4) is 0 Å². The van der Waals surface area contributed by atoms with Gasteiger partial charge in [-0.05, 0) is 50.1 Å². The molecular weight excluding hydrogens is 398 g/mol. The van der Waals surface area contributed by atoms with Gasteiger partial charge in [0.25, 0.3) is 5.91 Å². The van der Waals surface area contributed by atoms with Crippen molar-refractivity contribution in [3.63, 3.8) is 0 Å². The molecule has 1 atom stereocenters. The Kier molecular flexibility index (Phi) is 4.55. The van der Waals surface area contributed by atoms with Crippen molar-refractivity contribution in [3.8, 4) is 17.0 Å². The molecule has 152 valence electrons. The SMILES string of the molecule is Cc1nc(-c2ccc3c(c2)CCN3C(=O)CN2C(=O)C(C)Oc3ccccc32)cs1. The third kappa shape index (κ3) is 3.15. The molecule has 2 aromatic carbocycles. The van der Waals surface area contributed by atoms with Gasteiger partial charge in [0.1, 0.15) is 12.3 Å². The van der Waals surface area contributed by atoms with E-state index >= 15 is 0 Å². The predicted octanol–water partition coefficient (Wildman–Crippen LogP) is 3.82. The first kappa shape index (κ1) is 18.8. The van der Waals surface area contributed by atoms with Gasteiger partial charge in [-0.3, -0.25) is 14.5 Å². The van der Waals surface area contributed by atoms with Crippen molar-refractivity contribution in [1.29, 1.82) is 0 Å². The monoisotopic (exact) mass is 419 g/mol. The Morgan fingerprint density at radius 3 is 2.87 bits per heavy atom. The van der Waals surface area contributed by atoms with Gasteiger partial charge in [0.2, 0.25) is 5.91 Å². The van der Waals surface area contributed by atoms with Crippen LogP contribution in [0.25, 0.3) is 11.3 Å². The van der Waals surface area contributed by atoms with E-state index in [9.17, 15) is 9.59 Å². The molecule has 2 aliphatic heterocycles. The number of aromatic nitrogens is 1. The molecule has 3 aromatic rings. The lowest BCUT2D eigenvalue weighted by molar-refractivity contribution is -0.127. The Morgan fingerprint density at radius 2 is 2.07 bits per heavy atom. The lowest BCUT2D eigenvalue weighted by atomic mass is 10.1. The number of hydrogen-bond acceptors (Lipinski definition) is 5. The first-order valence-electron chi connectivity index (χ1n) is 9.94. The molecule has 0 saturated heterocycles. The van der Waals surface area contributed by atoms with Crippen molar-refractivity contribution < 1.29 is 14.3 Å². The maximum absolute atomic E-state index is 13.2. The van der Waals surface area contributed by atoms with Crippen LogP contribution in [0.2, 0.25) is 0 Å². The second-order valence-electron chi connectivity index (χ2n) is 7.54. The number of thiazole rings is 1. The molecule has 0 fully saturated rings. The molecule has 0 N–H and O–H groups in total. The van der Waals surface area contributed by atoms with Crippen LogP contribution in [-0.2, 0) is 16.0 Å². The fourth-order valence-electron chi connectivity index (χ4n) is 4.06. The number of para-hydroxylation sites is 2. The Bertz CT molecular complexity index is 1160. The lowest BCUT2D eigenvalue weighted by Gasteiger charge is -2.33. The molecule has 0 radical (unpaired) electrons. The van der Waals surface area contributed by atoms with Gasteiger partial charge >= 0.3 is 0 Å². The fourth-order valence-corrected chi connectivity index (χ4v) is 4.68. The number of aryl methyl sites for hydroxylation is 1. The summed E-state index contributed by atoms with van der Waals surface area (Å²) in [6.45, 7) is 4.32. The standard InChI is InChI=1S/C23H21N3O3S/c1-14-23(28)26(20-5-3-4-6-21(20)29-14)12-22(27)25-10-9-17-11-16(7-8-19(17)25)18-13-30-15(2)24-18/h3-8,11,13-14H,9-10,12H2,1-2H3. The van der Waals surface area contributed by atoms with E-state index in [-0.39, 0.29) is 18.4 Å². The molecule has 0 spiro atoms. The quantitative estimate of drug-likeness (QED) is 0.648. The van der Waals surface area contributed by atoms with Gasteiger partial charge in [0.15, 0.2) is 6.10 Å². The maximum Gasteiger partial charge on any atom is 0.268 e. The van der Waals surface area contributed by atoms with E-state index in [1.165, 1.54) is 4.90 Å². The Labute approximate surface area is 178 Å². The molecule has 0 bridgehead atoms. The summed E-state index contributed by atoms with van der Waals surface area (Å²) < 4.78 is 5.67. The summed E-state index contributed by atoms with van der Waals surface area (Å²) >= 11 is 1.63. The van der Waals surface area contributed by atoms with Crippen LogP contribution in [0.5, 0.6) is 5.75 Å². The zero-order valence-corrected chi connectivity index (χ0v) is 17.6. The molecule has 2 amide bonds. The first-order chi connectivity index (χ1) is 14.5. The van der Waals surface area contributed by atoms with Gasteiger partial charge in [-0.15, -0.1) is 11.3 Å². The van der Waals surface area contributed by atoms with Crippen molar-refractivity contribution in [2.75, 3.05) is 22.9 Å². The number of hydrogen-bond donors (Lipinski definition) is 0. The molecule has 0 aliphatic carbocycles. The summed E-state index contributed by atoms with van der Waals surface area (Å²) in [5, 5.41) is 3.09. The van der Waals surface area contributed by atoms with Gasteiger partial charge < -0.3 is 9.64 Å². The number of anilines is 2. The maximum atomic E-state index is 13.2. The van der Waals surface area contributed by atoms with E-state index in [0.29, 0.717) is 18.0 Å². The molecule has 1 unspecified atom stereocenters. The molecule has 30 heavy (non-hydrogen) atoms. The van der Waals surface area contributed by atoms with Crippen LogP contribution in [0.15, 0.2) is 47.8 Å². The second kappa shape index (κ2) is 7.25. The van der Waals surface area contributed by atoms with Gasteiger partial charge in [0, 0.05) is 23.2 Å². The summed E-state index contributed by atoms with van der Waals surface area (Å²) in [4.78, 5) is 33.8. The summed E-state index contributed by atoms with van der Waals surface area (Å²) in [5.41, 5.74) is 4.72. The Balaban J connectivity index is 1.39. The van der Waals surface area contributed by atoms with Gasteiger partial charge in [0.05, 0.1) is 16.4 Å². The Morgan fingerprint density at radius 1 is 1.23 bits per heavy atom. The highest BCUT2D eigenvalue weighted by Gasteiger charge is 2.34. The minimum atomic E-state index is -0.609. The first-order valence-corrected chi connectivity index (χ1v) is 10.8. The molecule has 3 heterocycles. The van der Waals surface area contributed by atoms with E-state index in [1.807, 2.05) is 43.3 Å². The van der Waals surface area contributed by atoms with Gasteiger partial charge in [-0.2, -0.15) is 0 Å². The number of ether oxygens (including phenoxy) is 1. The van der Waals surface area contributed by atoms with Crippen molar-refractivity contribution in [1.82, 2.24) is 4.98 Å². The number of benzene rings is 2. The van der Waals surface area contributed by atoms with Crippen LogP contribution >= 0.6 is 11.3 Å². The normalized spacial score (nSPS) is 17.5. The molecule has 5 rings (SSSR count). The van der Waals surface area contributed by atoms with E-state index in [0.717, 1.165) is 33.9 Å². The number of fused-ring (bicyclic) bond motifs is 2. The highest BCUT2D eigenvalue weighted by atomic mass is 32.1. The average Bonchev–Trinajstić information content (AvgIpc) is 3.37. The third-order valence-corrected chi connectivity index (χ3v) is 6.33. The summed E-state index contributed by atoms with van der Waals surface area (Å²) in [6, 6.07) is 13.5. The minimum Gasteiger partial charge on any atom is -0.479 e. The second-order valence-corrected chi connectivity index (χ2v) is 8.61. The molecule has 6 nitrogen and oxygen atoms in total. The highest BCUT2D eigenvalue weighted by Crippen LogP contribution is 2.35. The van der Waals surface area contributed by atoms with Crippen molar-refractivity contribution in [2.45, 2.75) is 26.4 Å². The third-order valence-electron chi connectivity index (χ3n) is 5.56. The average molecular weight is 420 g/mol. The number of amides is 2. The Hall–Kier alpha value is -3.19. The van der Waals surface area contributed by atoms with E-state index in [2.05, 4.69) is 16.4 Å². The van der Waals surface area contributed by atoms with Crippen LogP contribution in [0.4, 0.5) is 11.4 Å². The molecule has 2 aliphatic rings. The largest absolute Gasteiger partial charge is 0.479 e. The number of carbonyl (C=O) groups excluding carboxylic acids is 2. The van der Waals surface area contributed by atoms with Crippen LogP contribution < -0.4 is 14.5 Å². The van der Waals surface area contributed by atoms with Gasteiger partial charge in [-0.25, -0.2) is 4.98 Å². The van der Waals surface area contributed by atoms with Crippen molar-refractivity contribution in [3.05, 3.63) is 58.4 Å². The summed E-state index contributed by atoms with van der Waals surface area (Å²) in [6.07, 6.45) is 0.185. The predicted molar refractivity (Wildman–Crippen MR) is 117 cm³/mol. The topological polar surface area (TPSA) is 62.7 Å². The summed E-state index contributed by atoms with van der Waals surface area (Å²) in [5.74, 6) is 0.335.